The van der Waals surface area contributed by atoms with Crippen molar-refractivity contribution in [2.75, 3.05) is 5.32 Å². The second-order valence-electron chi connectivity index (χ2n) is 5.05. The molecule has 5 nitrogen and oxygen atoms in total. The summed E-state index contributed by atoms with van der Waals surface area (Å²) >= 11 is 1.50. The molecule has 0 aliphatic carbocycles. The summed E-state index contributed by atoms with van der Waals surface area (Å²) in [6.07, 6.45) is 2.43. The summed E-state index contributed by atoms with van der Waals surface area (Å²) in [6.45, 7) is 0. The lowest BCUT2D eigenvalue weighted by molar-refractivity contribution is 0.915. The fourth-order valence-corrected chi connectivity index (χ4v) is 3.63. The van der Waals surface area contributed by atoms with Crippen molar-refractivity contribution in [1.82, 2.24) is 9.97 Å². The number of aromatic nitrogens is 2. The molecule has 0 saturated carbocycles. The van der Waals surface area contributed by atoms with Crippen molar-refractivity contribution in [3.05, 3.63) is 59.1 Å². The third-order valence-electron chi connectivity index (χ3n) is 3.60. The average Bonchev–Trinajstić information content (AvgIpc) is 2.99. The van der Waals surface area contributed by atoms with Crippen molar-refractivity contribution in [2.24, 2.45) is 5.18 Å². The van der Waals surface area contributed by atoms with E-state index in [9.17, 15) is 4.91 Å². The van der Waals surface area contributed by atoms with Crippen LogP contribution in [0.5, 0.6) is 0 Å². The van der Waals surface area contributed by atoms with Crippen molar-refractivity contribution < 1.29 is 0 Å². The molecule has 2 aromatic carbocycles. The molecule has 0 saturated heterocycles. The van der Waals surface area contributed by atoms with Gasteiger partial charge in [0.25, 0.3) is 0 Å². The zero-order chi connectivity index (χ0) is 14.9. The van der Waals surface area contributed by atoms with E-state index < -0.39 is 0 Å². The molecule has 1 aliphatic heterocycles. The first kappa shape index (κ1) is 13.2. The smallest absolute Gasteiger partial charge is 0.227 e. The number of anilines is 2. The molecule has 1 N–H and O–H groups in total. The Balaban J connectivity index is 1.76. The monoisotopic (exact) mass is 308 g/mol. The van der Waals surface area contributed by atoms with Crippen LogP contribution in [0.15, 0.2) is 58.7 Å². The quantitative estimate of drug-likeness (QED) is 0.737. The number of fused-ring (bicyclic) bond motifs is 3. The van der Waals surface area contributed by atoms with Gasteiger partial charge in [0, 0.05) is 28.6 Å². The van der Waals surface area contributed by atoms with Crippen LogP contribution >= 0.6 is 11.8 Å². The van der Waals surface area contributed by atoms with E-state index in [1.54, 1.807) is 6.20 Å². The summed E-state index contributed by atoms with van der Waals surface area (Å²) in [6, 6.07) is 13.8. The van der Waals surface area contributed by atoms with Gasteiger partial charge in [0.2, 0.25) is 5.95 Å². The van der Waals surface area contributed by atoms with Gasteiger partial charge in [-0.15, -0.1) is 4.91 Å². The maximum Gasteiger partial charge on any atom is 0.227 e. The Morgan fingerprint density at radius 3 is 2.86 bits per heavy atom. The lowest BCUT2D eigenvalue weighted by atomic mass is 10.1. The third kappa shape index (κ3) is 2.31. The van der Waals surface area contributed by atoms with Crippen LogP contribution in [0.25, 0.3) is 10.9 Å². The van der Waals surface area contributed by atoms with Crippen LogP contribution in [0.2, 0.25) is 0 Å². The zero-order valence-corrected chi connectivity index (χ0v) is 12.4. The second kappa shape index (κ2) is 5.38. The van der Waals surface area contributed by atoms with E-state index in [1.165, 1.54) is 11.8 Å². The highest BCUT2D eigenvalue weighted by Crippen LogP contribution is 2.40. The van der Waals surface area contributed by atoms with E-state index in [1.807, 2.05) is 42.5 Å². The molecule has 0 bridgehead atoms. The summed E-state index contributed by atoms with van der Waals surface area (Å²) in [5, 5.41) is 7.08. The van der Waals surface area contributed by atoms with Crippen LogP contribution < -0.4 is 5.32 Å². The van der Waals surface area contributed by atoms with Gasteiger partial charge in [0.1, 0.15) is 5.37 Å². The average molecular weight is 308 g/mol. The van der Waals surface area contributed by atoms with Crippen molar-refractivity contribution in [2.45, 2.75) is 16.7 Å². The first-order valence-electron chi connectivity index (χ1n) is 6.93. The van der Waals surface area contributed by atoms with Crippen molar-refractivity contribution in [1.29, 1.82) is 0 Å². The van der Waals surface area contributed by atoms with E-state index >= 15 is 0 Å². The number of nitroso groups, excluding NO2 is 1. The molecule has 1 aliphatic rings. The molecular weight excluding hydrogens is 296 g/mol. The van der Waals surface area contributed by atoms with Crippen LogP contribution in [0.3, 0.4) is 0 Å². The highest BCUT2D eigenvalue weighted by molar-refractivity contribution is 8.00. The molecule has 3 aromatic rings. The van der Waals surface area contributed by atoms with Crippen molar-refractivity contribution in [3.63, 3.8) is 0 Å². The van der Waals surface area contributed by atoms with Gasteiger partial charge in [-0.3, -0.25) is 0 Å². The second-order valence-corrected chi connectivity index (χ2v) is 6.27. The fourth-order valence-electron chi connectivity index (χ4n) is 2.58. The summed E-state index contributed by atoms with van der Waals surface area (Å²) in [4.78, 5) is 20.9. The summed E-state index contributed by atoms with van der Waals surface area (Å²) < 4.78 is 0. The van der Waals surface area contributed by atoms with E-state index in [0.717, 1.165) is 27.0 Å². The number of rotatable bonds is 3. The Morgan fingerprint density at radius 2 is 2.05 bits per heavy atom. The Morgan fingerprint density at radius 1 is 1.18 bits per heavy atom. The normalized spacial score (nSPS) is 16.5. The number of benzene rings is 2. The van der Waals surface area contributed by atoms with Gasteiger partial charge < -0.3 is 5.32 Å². The maximum absolute atomic E-state index is 10.8. The Hall–Kier alpha value is -2.47. The summed E-state index contributed by atoms with van der Waals surface area (Å²) in [7, 11) is 0. The molecule has 4 rings (SSSR count). The number of thioether (sulfide) groups is 1. The number of hydrogen-bond acceptors (Lipinski definition) is 6. The van der Waals surface area contributed by atoms with Crippen molar-refractivity contribution in [3.8, 4) is 0 Å². The van der Waals surface area contributed by atoms with Crippen LogP contribution in [0.4, 0.5) is 11.6 Å². The van der Waals surface area contributed by atoms with Crippen LogP contribution in [-0.2, 0) is 6.42 Å². The number of nitrogens with zero attached hydrogens (tertiary/aromatic N) is 3. The van der Waals surface area contributed by atoms with Crippen LogP contribution in [0.1, 0.15) is 5.56 Å². The van der Waals surface area contributed by atoms with E-state index in [-0.39, 0.29) is 5.37 Å². The Bertz CT molecular complexity index is 853. The van der Waals surface area contributed by atoms with Gasteiger partial charge in [0.05, 0.1) is 5.52 Å². The molecule has 0 spiro atoms. The summed E-state index contributed by atoms with van der Waals surface area (Å²) in [5.74, 6) is 0.555. The molecule has 0 amide bonds. The minimum atomic E-state index is -0.249. The number of hydrogen-bond donors (Lipinski definition) is 1. The van der Waals surface area contributed by atoms with Gasteiger partial charge in [0.15, 0.2) is 0 Å². The molecule has 2 heterocycles. The topological polar surface area (TPSA) is 67.2 Å². The van der Waals surface area contributed by atoms with Gasteiger partial charge >= 0.3 is 0 Å². The predicted octanol–water partition coefficient (Wildman–Crippen LogP) is 4.11. The molecule has 0 radical (unpaired) electrons. The van der Waals surface area contributed by atoms with E-state index in [2.05, 4.69) is 20.5 Å². The predicted molar refractivity (Wildman–Crippen MR) is 88.4 cm³/mol. The molecule has 22 heavy (non-hydrogen) atoms. The molecule has 0 fully saturated rings. The number of para-hydroxylation sites is 1. The van der Waals surface area contributed by atoms with E-state index in [4.69, 9.17) is 0 Å². The van der Waals surface area contributed by atoms with Gasteiger partial charge in [-0.2, -0.15) is 0 Å². The SMILES string of the molecule is O=NC1Cc2c(ccc3cnc(Nc4ccccc4)nc23)S1. The Kier molecular flexibility index (Phi) is 3.23. The lowest BCUT2D eigenvalue weighted by Gasteiger charge is -2.07. The molecule has 6 heteroatoms. The Labute approximate surface area is 131 Å². The fraction of sp³-hybridized carbons (Fsp3) is 0.125. The highest BCUT2D eigenvalue weighted by Gasteiger charge is 2.25. The first-order valence-corrected chi connectivity index (χ1v) is 7.81. The first-order chi connectivity index (χ1) is 10.8. The third-order valence-corrected chi connectivity index (χ3v) is 4.77. The van der Waals surface area contributed by atoms with E-state index in [0.29, 0.717) is 12.4 Å². The minimum absolute atomic E-state index is 0.249. The maximum atomic E-state index is 10.8. The highest BCUT2D eigenvalue weighted by atomic mass is 32.2. The van der Waals surface area contributed by atoms with Crippen LogP contribution in [-0.4, -0.2) is 15.3 Å². The summed E-state index contributed by atoms with van der Waals surface area (Å²) in [5.41, 5.74) is 2.92. The number of nitrogens with one attached hydrogen (secondary N) is 1. The van der Waals surface area contributed by atoms with Gasteiger partial charge in [-0.25, -0.2) is 9.97 Å². The minimum Gasteiger partial charge on any atom is -0.324 e. The molecule has 1 atom stereocenters. The lowest BCUT2D eigenvalue weighted by Crippen LogP contribution is -1.99. The molecule has 1 unspecified atom stereocenters. The van der Waals surface area contributed by atoms with Gasteiger partial charge in [-0.05, 0) is 23.8 Å². The molecule has 108 valence electrons. The largest absolute Gasteiger partial charge is 0.324 e. The zero-order valence-electron chi connectivity index (χ0n) is 11.6. The van der Waals surface area contributed by atoms with Gasteiger partial charge in [-0.1, -0.05) is 41.2 Å². The van der Waals surface area contributed by atoms with Crippen molar-refractivity contribution >= 4 is 34.3 Å². The molecular formula is C16H12N4OS. The standard InChI is InChI=1S/C16H12N4OS/c21-20-14-8-12-13(22-14)7-6-10-9-17-16(19-15(10)12)18-11-4-2-1-3-5-11/h1-7,9,14H,8H2,(H,17,18,19). The molecule has 1 aromatic heterocycles. The van der Waals surface area contributed by atoms with Crippen LogP contribution in [0, 0.1) is 4.91 Å².